The minimum atomic E-state index is 0.0643. The summed E-state index contributed by atoms with van der Waals surface area (Å²) in [5.41, 5.74) is 2.73. The first kappa shape index (κ1) is 19.0. The van der Waals surface area contributed by atoms with E-state index in [1.54, 1.807) is 0 Å². The Morgan fingerprint density at radius 2 is 1.79 bits per heavy atom. The highest BCUT2D eigenvalue weighted by atomic mass is 16.2. The lowest BCUT2D eigenvalue weighted by molar-refractivity contribution is 0.100. The Morgan fingerprint density at radius 3 is 2.50 bits per heavy atom. The van der Waals surface area contributed by atoms with E-state index in [2.05, 4.69) is 58.2 Å². The van der Waals surface area contributed by atoms with E-state index < -0.39 is 0 Å². The first-order valence-electron chi connectivity index (χ1n) is 10.6. The van der Waals surface area contributed by atoms with E-state index in [4.69, 9.17) is 0 Å². The number of benzene rings is 1. The van der Waals surface area contributed by atoms with E-state index in [0.717, 1.165) is 69.0 Å². The maximum absolute atomic E-state index is 12.6. The SMILES string of the molecule is CCc1nnc2n1CCC1(CC2)CCN(C(=O)NCc2ccc(C)cc2)CC1. The number of piperidine rings is 1. The number of urea groups is 1. The number of amides is 2. The number of rotatable bonds is 3. The highest BCUT2D eigenvalue weighted by Gasteiger charge is 2.37. The molecule has 0 saturated carbocycles. The number of hydrogen-bond acceptors (Lipinski definition) is 3. The minimum absolute atomic E-state index is 0.0643. The number of carbonyl (C=O) groups is 1. The Bertz CT molecular complexity index is 818. The molecule has 1 aromatic carbocycles. The summed E-state index contributed by atoms with van der Waals surface area (Å²) < 4.78 is 2.33. The van der Waals surface area contributed by atoms with Gasteiger partial charge >= 0.3 is 6.03 Å². The number of aromatic nitrogens is 3. The standard InChI is InChI=1S/C22H31N5O/c1-3-19-24-25-20-8-9-22(12-15-27(19)20)10-13-26(14-11-22)21(28)23-16-18-6-4-17(2)5-7-18/h4-7H,3,8-16H2,1-2H3,(H,23,28). The molecule has 1 N–H and O–H groups in total. The summed E-state index contributed by atoms with van der Waals surface area (Å²) in [6.07, 6.45) is 6.45. The predicted molar refractivity (Wildman–Crippen MR) is 109 cm³/mol. The molecular weight excluding hydrogens is 350 g/mol. The average molecular weight is 382 g/mol. The van der Waals surface area contributed by atoms with Gasteiger partial charge in [-0.15, -0.1) is 10.2 Å². The van der Waals surface area contributed by atoms with Gasteiger partial charge in [-0.2, -0.15) is 0 Å². The van der Waals surface area contributed by atoms with Crippen molar-refractivity contribution in [1.29, 1.82) is 0 Å². The minimum Gasteiger partial charge on any atom is -0.334 e. The fourth-order valence-corrected chi connectivity index (χ4v) is 4.61. The van der Waals surface area contributed by atoms with Crippen LogP contribution in [0.1, 0.15) is 55.4 Å². The van der Waals surface area contributed by atoms with Gasteiger partial charge in [0.15, 0.2) is 0 Å². The second-order valence-electron chi connectivity index (χ2n) is 8.42. The van der Waals surface area contributed by atoms with Gasteiger partial charge < -0.3 is 14.8 Å². The molecule has 2 aliphatic rings. The fourth-order valence-electron chi connectivity index (χ4n) is 4.61. The zero-order valence-corrected chi connectivity index (χ0v) is 17.1. The zero-order valence-electron chi connectivity index (χ0n) is 17.1. The molecule has 0 aliphatic carbocycles. The van der Waals surface area contributed by atoms with Crippen LogP contribution in [0.4, 0.5) is 4.79 Å². The lowest BCUT2D eigenvalue weighted by atomic mass is 9.73. The van der Waals surface area contributed by atoms with Crippen LogP contribution in [0.5, 0.6) is 0 Å². The van der Waals surface area contributed by atoms with Crippen LogP contribution >= 0.6 is 0 Å². The average Bonchev–Trinajstić information content (AvgIpc) is 3.04. The van der Waals surface area contributed by atoms with Crippen LogP contribution in [0.3, 0.4) is 0 Å². The molecule has 1 fully saturated rings. The van der Waals surface area contributed by atoms with Crippen molar-refractivity contribution in [3.8, 4) is 0 Å². The molecule has 1 aromatic heterocycles. The summed E-state index contributed by atoms with van der Waals surface area (Å²) in [6.45, 7) is 7.53. The molecule has 0 atom stereocenters. The van der Waals surface area contributed by atoms with Crippen molar-refractivity contribution in [1.82, 2.24) is 25.0 Å². The highest BCUT2D eigenvalue weighted by Crippen LogP contribution is 2.41. The Labute approximate surface area is 167 Å². The van der Waals surface area contributed by atoms with Crippen LogP contribution in [0, 0.1) is 12.3 Å². The Kier molecular flexibility index (Phi) is 5.38. The number of likely N-dealkylation sites (tertiary alicyclic amines) is 1. The molecule has 2 aliphatic heterocycles. The molecule has 1 spiro atoms. The van der Waals surface area contributed by atoms with Crippen LogP contribution in [0.2, 0.25) is 0 Å². The quantitative estimate of drug-likeness (QED) is 0.885. The number of fused-ring (bicyclic) bond motifs is 1. The third-order valence-electron chi connectivity index (χ3n) is 6.64. The lowest BCUT2D eigenvalue weighted by Gasteiger charge is -2.41. The van der Waals surface area contributed by atoms with E-state index in [1.807, 2.05) is 4.90 Å². The number of nitrogens with zero attached hydrogens (tertiary/aromatic N) is 4. The van der Waals surface area contributed by atoms with Gasteiger partial charge in [-0.05, 0) is 43.6 Å². The van der Waals surface area contributed by atoms with Gasteiger partial charge in [0.2, 0.25) is 0 Å². The molecule has 28 heavy (non-hydrogen) atoms. The van der Waals surface area contributed by atoms with Crippen molar-refractivity contribution >= 4 is 6.03 Å². The van der Waals surface area contributed by atoms with E-state index in [9.17, 15) is 4.79 Å². The zero-order chi connectivity index (χ0) is 19.6. The number of carbonyl (C=O) groups excluding carboxylic acids is 1. The van der Waals surface area contributed by atoms with Gasteiger partial charge in [-0.25, -0.2) is 4.79 Å². The summed E-state index contributed by atoms with van der Waals surface area (Å²) in [6, 6.07) is 8.39. The molecule has 0 bridgehead atoms. The van der Waals surface area contributed by atoms with Crippen LogP contribution in [-0.2, 0) is 25.9 Å². The van der Waals surface area contributed by atoms with Gasteiger partial charge in [-0.1, -0.05) is 36.8 Å². The summed E-state index contributed by atoms with van der Waals surface area (Å²) >= 11 is 0. The Hall–Kier alpha value is -2.37. The number of hydrogen-bond donors (Lipinski definition) is 1. The van der Waals surface area contributed by atoms with Gasteiger partial charge in [0.1, 0.15) is 11.6 Å². The topological polar surface area (TPSA) is 63.1 Å². The molecule has 2 aromatic rings. The summed E-state index contributed by atoms with van der Waals surface area (Å²) in [5.74, 6) is 2.26. The molecule has 6 nitrogen and oxygen atoms in total. The summed E-state index contributed by atoms with van der Waals surface area (Å²) in [5, 5.41) is 11.8. The molecule has 150 valence electrons. The van der Waals surface area contributed by atoms with Crippen molar-refractivity contribution in [3.05, 3.63) is 47.0 Å². The molecule has 1 saturated heterocycles. The predicted octanol–water partition coefficient (Wildman–Crippen LogP) is 3.48. The van der Waals surface area contributed by atoms with E-state index >= 15 is 0 Å². The first-order valence-corrected chi connectivity index (χ1v) is 10.6. The van der Waals surface area contributed by atoms with Crippen molar-refractivity contribution < 1.29 is 4.79 Å². The Morgan fingerprint density at radius 1 is 1.07 bits per heavy atom. The van der Waals surface area contributed by atoms with E-state index in [-0.39, 0.29) is 6.03 Å². The van der Waals surface area contributed by atoms with Crippen LogP contribution < -0.4 is 5.32 Å². The van der Waals surface area contributed by atoms with Crippen LogP contribution in [0.15, 0.2) is 24.3 Å². The normalized spacial score (nSPS) is 18.6. The fraction of sp³-hybridized carbons (Fsp3) is 0.591. The van der Waals surface area contributed by atoms with Crippen molar-refractivity contribution in [2.75, 3.05) is 13.1 Å². The van der Waals surface area contributed by atoms with Crippen molar-refractivity contribution in [2.45, 2.75) is 65.5 Å². The van der Waals surface area contributed by atoms with Gasteiger partial charge in [-0.3, -0.25) is 0 Å². The lowest BCUT2D eigenvalue weighted by Crippen LogP contribution is -2.47. The first-order chi connectivity index (χ1) is 13.6. The van der Waals surface area contributed by atoms with Crippen LogP contribution in [0.25, 0.3) is 0 Å². The number of aryl methyl sites for hydroxylation is 3. The molecular formula is C22H31N5O. The maximum Gasteiger partial charge on any atom is 0.317 e. The highest BCUT2D eigenvalue weighted by molar-refractivity contribution is 5.74. The van der Waals surface area contributed by atoms with Crippen LogP contribution in [-0.4, -0.2) is 38.8 Å². The number of nitrogens with one attached hydrogen (secondary N) is 1. The molecule has 3 heterocycles. The molecule has 2 amide bonds. The van der Waals surface area contributed by atoms with Crippen molar-refractivity contribution in [2.24, 2.45) is 5.41 Å². The molecule has 0 unspecified atom stereocenters. The second-order valence-corrected chi connectivity index (χ2v) is 8.42. The molecule has 0 radical (unpaired) electrons. The summed E-state index contributed by atoms with van der Waals surface area (Å²) in [7, 11) is 0. The van der Waals surface area contributed by atoms with Gasteiger partial charge in [0, 0.05) is 39.0 Å². The largest absolute Gasteiger partial charge is 0.334 e. The van der Waals surface area contributed by atoms with E-state index in [0.29, 0.717) is 12.0 Å². The summed E-state index contributed by atoms with van der Waals surface area (Å²) in [4.78, 5) is 14.6. The molecule has 6 heteroatoms. The van der Waals surface area contributed by atoms with Gasteiger partial charge in [0.05, 0.1) is 0 Å². The Balaban J connectivity index is 1.30. The smallest absolute Gasteiger partial charge is 0.317 e. The maximum atomic E-state index is 12.6. The van der Waals surface area contributed by atoms with Crippen molar-refractivity contribution in [3.63, 3.8) is 0 Å². The van der Waals surface area contributed by atoms with E-state index in [1.165, 1.54) is 12.0 Å². The third kappa shape index (κ3) is 3.91. The molecule has 4 rings (SSSR count). The van der Waals surface area contributed by atoms with Gasteiger partial charge in [0.25, 0.3) is 0 Å². The monoisotopic (exact) mass is 381 g/mol. The third-order valence-corrected chi connectivity index (χ3v) is 6.64. The second kappa shape index (κ2) is 7.94.